The molecule has 2 aliphatic rings. The molecule has 0 bridgehead atoms. The molecule has 0 radical (unpaired) electrons. The van der Waals surface area contributed by atoms with Gasteiger partial charge in [-0.3, -0.25) is 4.79 Å². The number of aliphatic hydroxyl groups excluding tert-OH is 1. The second kappa shape index (κ2) is 9.09. The summed E-state index contributed by atoms with van der Waals surface area (Å²) in [7, 11) is 1.61. The van der Waals surface area contributed by atoms with Gasteiger partial charge in [0.05, 0.1) is 24.8 Å². The second-order valence-electron chi connectivity index (χ2n) is 8.26. The summed E-state index contributed by atoms with van der Waals surface area (Å²) in [6.07, 6.45) is 1.73. The van der Waals surface area contributed by atoms with Crippen molar-refractivity contribution in [3.63, 3.8) is 0 Å². The smallest absolute Gasteiger partial charge is 0.232 e. The standard InChI is InChI=1S/C24H28N2O5/c1-16-13-20(28)19(15-26-9-7-25(8-10-26)11-12-27)24-22(16)23(29)21(31-24)14-17-3-5-18(30-2)6-4-17/h3-6,13-14,27-28H,7-12,15H2,1-2H3/p+2/b21-14-. The highest BCUT2D eigenvalue weighted by atomic mass is 16.5. The zero-order chi connectivity index (χ0) is 22.0. The topological polar surface area (TPSA) is 84.9 Å². The Kier molecular flexibility index (Phi) is 6.27. The summed E-state index contributed by atoms with van der Waals surface area (Å²) in [4.78, 5) is 15.8. The highest BCUT2D eigenvalue weighted by Gasteiger charge is 2.35. The summed E-state index contributed by atoms with van der Waals surface area (Å²) in [6.45, 7) is 7.25. The van der Waals surface area contributed by atoms with Crippen LogP contribution in [-0.4, -0.2) is 62.4 Å². The number of aryl methyl sites for hydroxylation is 1. The molecule has 2 aromatic rings. The number of hydrogen-bond donors (Lipinski definition) is 4. The minimum Gasteiger partial charge on any atom is -0.507 e. The molecule has 0 saturated carbocycles. The first-order chi connectivity index (χ1) is 15.0. The van der Waals surface area contributed by atoms with Gasteiger partial charge in [0, 0.05) is 0 Å². The summed E-state index contributed by atoms with van der Waals surface area (Å²) in [6, 6.07) is 9.08. The van der Waals surface area contributed by atoms with Crippen LogP contribution in [0.3, 0.4) is 0 Å². The van der Waals surface area contributed by atoms with Gasteiger partial charge in [0.25, 0.3) is 0 Å². The van der Waals surface area contributed by atoms with Crippen molar-refractivity contribution < 1.29 is 34.3 Å². The molecule has 31 heavy (non-hydrogen) atoms. The minimum atomic E-state index is -0.156. The first-order valence-electron chi connectivity index (χ1n) is 10.7. The monoisotopic (exact) mass is 426 g/mol. The average molecular weight is 427 g/mol. The van der Waals surface area contributed by atoms with Gasteiger partial charge in [-0.05, 0) is 42.3 Å². The molecule has 1 fully saturated rings. The van der Waals surface area contributed by atoms with Gasteiger partial charge in [0.15, 0.2) is 11.5 Å². The Hall–Kier alpha value is -2.87. The summed E-state index contributed by atoms with van der Waals surface area (Å²) in [5, 5.41) is 19.8. The lowest BCUT2D eigenvalue weighted by Crippen LogP contribution is -3.27. The van der Waals surface area contributed by atoms with E-state index in [0.717, 1.165) is 44.0 Å². The highest BCUT2D eigenvalue weighted by Crippen LogP contribution is 2.41. The number of rotatable bonds is 6. The number of methoxy groups -OCH3 is 1. The minimum absolute atomic E-state index is 0.156. The largest absolute Gasteiger partial charge is 0.507 e. The molecule has 0 aromatic heterocycles. The number of phenolic OH excluding ortho intramolecular Hbond substituents is 1. The third-order valence-corrected chi connectivity index (χ3v) is 6.19. The van der Waals surface area contributed by atoms with Crippen molar-refractivity contribution in [2.24, 2.45) is 0 Å². The average Bonchev–Trinajstić information content (AvgIpc) is 3.09. The van der Waals surface area contributed by atoms with Crippen molar-refractivity contribution in [1.82, 2.24) is 0 Å². The summed E-state index contributed by atoms with van der Waals surface area (Å²) in [5.74, 6) is 1.52. The van der Waals surface area contributed by atoms with Crippen LogP contribution in [0.25, 0.3) is 6.08 Å². The first kappa shape index (κ1) is 21.4. The Bertz CT molecular complexity index is 992. The van der Waals surface area contributed by atoms with Crippen LogP contribution in [0.5, 0.6) is 17.2 Å². The molecule has 7 heteroatoms. The number of phenols is 1. The maximum atomic E-state index is 13.1. The van der Waals surface area contributed by atoms with Gasteiger partial charge in [-0.1, -0.05) is 12.1 Å². The number of nitrogens with one attached hydrogen (secondary N) is 2. The van der Waals surface area contributed by atoms with Crippen molar-refractivity contribution in [3.05, 3.63) is 58.3 Å². The third kappa shape index (κ3) is 4.44. The molecule has 0 unspecified atom stereocenters. The summed E-state index contributed by atoms with van der Waals surface area (Å²) in [5.41, 5.74) is 2.78. The van der Waals surface area contributed by atoms with E-state index in [-0.39, 0.29) is 23.9 Å². The Labute approximate surface area is 182 Å². The number of carbonyl (C=O) groups is 1. The molecular weight excluding hydrogens is 396 g/mol. The number of aliphatic hydroxyl groups is 1. The van der Waals surface area contributed by atoms with Crippen molar-refractivity contribution in [3.8, 4) is 17.2 Å². The molecule has 0 aliphatic carbocycles. The van der Waals surface area contributed by atoms with E-state index in [1.54, 1.807) is 19.3 Å². The molecule has 0 amide bonds. The lowest BCUT2D eigenvalue weighted by atomic mass is 9.99. The number of allylic oxidation sites excluding steroid dienone is 1. The van der Waals surface area contributed by atoms with E-state index in [0.29, 0.717) is 29.0 Å². The lowest BCUT2D eigenvalue weighted by molar-refractivity contribution is -1.02. The van der Waals surface area contributed by atoms with Gasteiger partial charge in [-0.25, -0.2) is 0 Å². The van der Waals surface area contributed by atoms with E-state index >= 15 is 0 Å². The Morgan fingerprint density at radius 2 is 1.81 bits per heavy atom. The molecule has 2 aliphatic heterocycles. The van der Waals surface area contributed by atoms with Crippen molar-refractivity contribution in [2.75, 3.05) is 46.4 Å². The zero-order valence-corrected chi connectivity index (χ0v) is 18.0. The Morgan fingerprint density at radius 3 is 2.45 bits per heavy atom. The SMILES string of the molecule is COc1ccc(/C=C2\Oc3c(C[NH+]4CC[NH+](CCO)CC4)c(O)cc(C)c3C2=O)cc1. The van der Waals surface area contributed by atoms with E-state index in [2.05, 4.69) is 0 Å². The molecule has 4 N–H and O–H groups in total. The van der Waals surface area contributed by atoms with Crippen LogP contribution in [0.15, 0.2) is 36.1 Å². The van der Waals surface area contributed by atoms with E-state index in [1.165, 1.54) is 9.80 Å². The van der Waals surface area contributed by atoms with Crippen LogP contribution in [0.4, 0.5) is 0 Å². The number of quaternary nitrogens is 2. The molecular formula is C24H30N2O5+2. The highest BCUT2D eigenvalue weighted by molar-refractivity contribution is 6.15. The van der Waals surface area contributed by atoms with E-state index in [1.807, 2.05) is 31.2 Å². The molecule has 2 heterocycles. The summed E-state index contributed by atoms with van der Waals surface area (Å²) >= 11 is 0. The Balaban J connectivity index is 1.58. The number of hydrogen-bond acceptors (Lipinski definition) is 5. The lowest BCUT2D eigenvalue weighted by Gasteiger charge is -2.29. The number of ether oxygens (including phenoxy) is 2. The fraction of sp³-hybridized carbons (Fsp3) is 0.375. The number of Topliss-reactive ketones (excluding diaryl/α,β-unsaturated/α-hetero) is 1. The van der Waals surface area contributed by atoms with Crippen molar-refractivity contribution >= 4 is 11.9 Å². The molecule has 4 rings (SSSR count). The fourth-order valence-electron chi connectivity index (χ4n) is 4.39. The summed E-state index contributed by atoms with van der Waals surface area (Å²) < 4.78 is 11.2. The Morgan fingerprint density at radius 1 is 1.13 bits per heavy atom. The van der Waals surface area contributed by atoms with Gasteiger partial charge in [-0.2, -0.15) is 0 Å². The molecule has 1 saturated heterocycles. The van der Waals surface area contributed by atoms with Gasteiger partial charge >= 0.3 is 0 Å². The fourth-order valence-corrected chi connectivity index (χ4v) is 4.39. The maximum Gasteiger partial charge on any atom is 0.232 e. The van der Waals surface area contributed by atoms with Crippen molar-refractivity contribution in [2.45, 2.75) is 13.5 Å². The molecule has 0 spiro atoms. The normalized spacial score (nSPS) is 21.8. The van der Waals surface area contributed by atoms with Crippen molar-refractivity contribution in [1.29, 1.82) is 0 Å². The maximum absolute atomic E-state index is 13.1. The third-order valence-electron chi connectivity index (χ3n) is 6.19. The van der Waals surface area contributed by atoms with Crippen LogP contribution in [-0.2, 0) is 6.54 Å². The molecule has 7 nitrogen and oxygen atoms in total. The quantitative estimate of drug-likeness (QED) is 0.473. The van der Waals surface area contributed by atoms with E-state index in [9.17, 15) is 9.90 Å². The van der Waals surface area contributed by atoms with Gasteiger partial charge in [0.1, 0.15) is 50.8 Å². The molecule has 164 valence electrons. The van der Waals surface area contributed by atoms with Gasteiger partial charge < -0.3 is 29.5 Å². The van der Waals surface area contributed by atoms with Crippen LogP contribution in [0.2, 0.25) is 0 Å². The number of ketones is 1. The zero-order valence-electron chi connectivity index (χ0n) is 18.0. The van der Waals surface area contributed by atoms with Crippen LogP contribution >= 0.6 is 0 Å². The number of fused-ring (bicyclic) bond motifs is 1. The second-order valence-corrected chi connectivity index (χ2v) is 8.26. The molecule has 2 aromatic carbocycles. The number of aromatic hydroxyl groups is 1. The number of carbonyl (C=O) groups excluding carboxylic acids is 1. The predicted octanol–water partition coefficient (Wildman–Crippen LogP) is -0.399. The van der Waals surface area contributed by atoms with Crippen LogP contribution in [0.1, 0.15) is 27.0 Å². The van der Waals surface area contributed by atoms with Crippen LogP contribution < -0.4 is 19.3 Å². The van der Waals surface area contributed by atoms with E-state index < -0.39 is 0 Å². The number of piperazine rings is 1. The first-order valence-corrected chi connectivity index (χ1v) is 10.7. The predicted molar refractivity (Wildman–Crippen MR) is 116 cm³/mol. The molecule has 0 atom stereocenters. The number of benzene rings is 2. The van der Waals surface area contributed by atoms with Crippen LogP contribution in [0, 0.1) is 6.92 Å². The van der Waals surface area contributed by atoms with E-state index in [4.69, 9.17) is 14.6 Å². The van der Waals surface area contributed by atoms with Gasteiger partial charge in [-0.15, -0.1) is 0 Å². The van der Waals surface area contributed by atoms with Gasteiger partial charge in [0.2, 0.25) is 5.78 Å².